The third kappa shape index (κ3) is 2.32. The van der Waals surface area contributed by atoms with E-state index >= 15 is 0 Å². The van der Waals surface area contributed by atoms with Gasteiger partial charge in [0.15, 0.2) is 0 Å². The number of thiophene rings is 1. The largest absolute Gasteiger partial charge is 0.345 e. The first-order valence-electron chi connectivity index (χ1n) is 6.37. The zero-order valence-corrected chi connectivity index (χ0v) is 12.2. The average Bonchev–Trinajstić information content (AvgIpc) is 3.06. The molecule has 3 rings (SSSR count). The highest BCUT2D eigenvalue weighted by Crippen LogP contribution is 2.19. The summed E-state index contributed by atoms with van der Waals surface area (Å²) in [5, 5.41) is 2.06. The highest BCUT2D eigenvalue weighted by atomic mass is 32.1. The Kier molecular flexibility index (Phi) is 3.28. The Hall–Kier alpha value is -2.14. The molecule has 0 aliphatic heterocycles. The molecule has 20 heavy (non-hydrogen) atoms. The van der Waals surface area contributed by atoms with Crippen molar-refractivity contribution in [3.63, 3.8) is 0 Å². The fourth-order valence-corrected chi connectivity index (χ4v) is 3.10. The minimum absolute atomic E-state index is 0.0225. The van der Waals surface area contributed by atoms with Gasteiger partial charge in [-0.1, -0.05) is 0 Å². The van der Waals surface area contributed by atoms with Crippen LogP contribution in [0.3, 0.4) is 0 Å². The molecule has 4 nitrogen and oxygen atoms in total. The Labute approximate surface area is 121 Å². The van der Waals surface area contributed by atoms with Crippen LogP contribution in [0.15, 0.2) is 36.0 Å². The van der Waals surface area contributed by atoms with Gasteiger partial charge in [0.2, 0.25) is 0 Å². The van der Waals surface area contributed by atoms with E-state index in [2.05, 4.69) is 28.3 Å². The van der Waals surface area contributed by atoms with Crippen molar-refractivity contribution in [2.24, 2.45) is 0 Å². The third-order valence-electron chi connectivity index (χ3n) is 3.36. The summed E-state index contributed by atoms with van der Waals surface area (Å²) in [5.41, 5.74) is 3.67. The summed E-state index contributed by atoms with van der Waals surface area (Å²) in [7, 11) is 1.83. The lowest BCUT2D eigenvalue weighted by Gasteiger charge is -2.17. The molecular weight excluding hydrogens is 270 g/mol. The molecule has 2 heterocycles. The van der Waals surface area contributed by atoms with E-state index in [0.717, 1.165) is 11.0 Å². The SMILES string of the molecule is Cc1ccsc1CN(C)C(=O)c1ccc2nc[nH]c2c1. The quantitative estimate of drug-likeness (QED) is 0.803. The molecule has 0 bridgehead atoms. The first-order chi connectivity index (χ1) is 9.65. The predicted molar refractivity (Wildman–Crippen MR) is 80.9 cm³/mol. The Morgan fingerprint density at radius 3 is 3.00 bits per heavy atom. The molecule has 1 aromatic carbocycles. The van der Waals surface area contributed by atoms with Crippen molar-refractivity contribution < 1.29 is 4.79 Å². The van der Waals surface area contributed by atoms with Crippen molar-refractivity contribution in [2.45, 2.75) is 13.5 Å². The predicted octanol–water partition coefficient (Wildman–Crippen LogP) is 3.21. The van der Waals surface area contributed by atoms with Gasteiger partial charge >= 0.3 is 0 Å². The molecule has 5 heteroatoms. The fraction of sp³-hybridized carbons (Fsp3) is 0.200. The number of fused-ring (bicyclic) bond motifs is 1. The minimum Gasteiger partial charge on any atom is -0.345 e. The van der Waals surface area contributed by atoms with Crippen LogP contribution in [0.1, 0.15) is 20.8 Å². The van der Waals surface area contributed by atoms with E-state index in [0.29, 0.717) is 12.1 Å². The Balaban J connectivity index is 1.82. The average molecular weight is 285 g/mol. The zero-order valence-electron chi connectivity index (χ0n) is 11.4. The van der Waals surface area contributed by atoms with Gasteiger partial charge in [0.1, 0.15) is 0 Å². The van der Waals surface area contributed by atoms with Crippen LogP contribution in [0.5, 0.6) is 0 Å². The van der Waals surface area contributed by atoms with Gasteiger partial charge in [-0.05, 0) is 42.1 Å². The number of hydrogen-bond donors (Lipinski definition) is 1. The molecule has 2 aromatic heterocycles. The van der Waals surface area contributed by atoms with Crippen LogP contribution in [0.25, 0.3) is 11.0 Å². The summed E-state index contributed by atoms with van der Waals surface area (Å²) in [5.74, 6) is 0.0225. The molecule has 3 aromatic rings. The summed E-state index contributed by atoms with van der Waals surface area (Å²) in [6.07, 6.45) is 1.64. The number of amides is 1. The lowest BCUT2D eigenvalue weighted by Crippen LogP contribution is -2.26. The highest BCUT2D eigenvalue weighted by molar-refractivity contribution is 7.10. The van der Waals surface area contributed by atoms with E-state index in [9.17, 15) is 4.79 Å². The van der Waals surface area contributed by atoms with Gasteiger partial charge in [-0.25, -0.2) is 4.98 Å². The van der Waals surface area contributed by atoms with Crippen LogP contribution in [-0.4, -0.2) is 27.8 Å². The van der Waals surface area contributed by atoms with Crippen molar-refractivity contribution in [3.8, 4) is 0 Å². The number of aryl methyl sites for hydroxylation is 1. The van der Waals surface area contributed by atoms with Gasteiger partial charge in [-0.15, -0.1) is 11.3 Å². The van der Waals surface area contributed by atoms with Gasteiger partial charge < -0.3 is 9.88 Å². The molecule has 0 saturated heterocycles. The number of imidazole rings is 1. The van der Waals surface area contributed by atoms with Crippen molar-refractivity contribution in [3.05, 3.63) is 52.0 Å². The standard InChI is InChI=1S/C15H15N3OS/c1-10-5-6-20-14(10)8-18(2)15(19)11-3-4-12-13(7-11)17-9-16-12/h3-7,9H,8H2,1-2H3,(H,16,17). The molecule has 0 saturated carbocycles. The topological polar surface area (TPSA) is 49.0 Å². The monoisotopic (exact) mass is 285 g/mol. The van der Waals surface area contributed by atoms with E-state index < -0.39 is 0 Å². The second-order valence-corrected chi connectivity index (χ2v) is 5.82. The Morgan fingerprint density at radius 1 is 1.40 bits per heavy atom. The second kappa shape index (κ2) is 5.09. The van der Waals surface area contributed by atoms with E-state index in [4.69, 9.17) is 0 Å². The second-order valence-electron chi connectivity index (χ2n) is 4.82. The van der Waals surface area contributed by atoms with Gasteiger partial charge in [0.05, 0.1) is 23.9 Å². The van der Waals surface area contributed by atoms with Gasteiger partial charge in [0.25, 0.3) is 5.91 Å². The summed E-state index contributed by atoms with van der Waals surface area (Å²) < 4.78 is 0. The summed E-state index contributed by atoms with van der Waals surface area (Å²) >= 11 is 1.68. The number of carbonyl (C=O) groups is 1. The fourth-order valence-electron chi connectivity index (χ4n) is 2.14. The molecule has 102 valence electrons. The van der Waals surface area contributed by atoms with Crippen molar-refractivity contribution in [2.75, 3.05) is 7.05 Å². The number of aromatic amines is 1. The van der Waals surface area contributed by atoms with Crippen LogP contribution in [0.2, 0.25) is 0 Å². The van der Waals surface area contributed by atoms with Crippen LogP contribution < -0.4 is 0 Å². The third-order valence-corrected chi connectivity index (χ3v) is 4.37. The maximum atomic E-state index is 12.4. The summed E-state index contributed by atoms with van der Waals surface area (Å²) in [4.78, 5) is 22.6. The van der Waals surface area contributed by atoms with E-state index in [-0.39, 0.29) is 5.91 Å². The molecule has 1 N–H and O–H groups in total. The molecule has 0 fully saturated rings. The van der Waals surface area contributed by atoms with Crippen molar-refractivity contribution in [1.82, 2.24) is 14.9 Å². The van der Waals surface area contributed by atoms with Crippen LogP contribution in [0.4, 0.5) is 0 Å². The number of aromatic nitrogens is 2. The van der Waals surface area contributed by atoms with Gasteiger partial charge in [0, 0.05) is 17.5 Å². The lowest BCUT2D eigenvalue weighted by molar-refractivity contribution is 0.0786. The number of nitrogens with one attached hydrogen (secondary N) is 1. The zero-order chi connectivity index (χ0) is 14.1. The first-order valence-corrected chi connectivity index (χ1v) is 7.24. The minimum atomic E-state index is 0.0225. The van der Waals surface area contributed by atoms with Gasteiger partial charge in [-0.2, -0.15) is 0 Å². The maximum Gasteiger partial charge on any atom is 0.253 e. The van der Waals surface area contributed by atoms with E-state index in [1.165, 1.54) is 10.4 Å². The number of H-pyrrole nitrogens is 1. The molecule has 0 radical (unpaired) electrons. The van der Waals surface area contributed by atoms with Crippen LogP contribution >= 0.6 is 11.3 Å². The van der Waals surface area contributed by atoms with E-state index in [1.807, 2.05) is 25.2 Å². The molecule has 0 atom stereocenters. The molecule has 0 aliphatic rings. The summed E-state index contributed by atoms with van der Waals surface area (Å²) in [6, 6.07) is 7.62. The maximum absolute atomic E-state index is 12.4. The number of hydrogen-bond acceptors (Lipinski definition) is 3. The van der Waals surface area contributed by atoms with Crippen LogP contribution in [0, 0.1) is 6.92 Å². The molecular formula is C15H15N3OS. The van der Waals surface area contributed by atoms with Crippen molar-refractivity contribution >= 4 is 28.3 Å². The van der Waals surface area contributed by atoms with Crippen molar-refractivity contribution in [1.29, 1.82) is 0 Å². The molecule has 0 spiro atoms. The highest BCUT2D eigenvalue weighted by Gasteiger charge is 2.14. The first kappa shape index (κ1) is 12.9. The summed E-state index contributed by atoms with van der Waals surface area (Å²) in [6.45, 7) is 2.71. The molecule has 0 aliphatic carbocycles. The number of nitrogens with zero attached hydrogens (tertiary/aromatic N) is 2. The number of rotatable bonds is 3. The molecule has 1 amide bonds. The Bertz CT molecular complexity index is 759. The smallest absolute Gasteiger partial charge is 0.253 e. The normalized spacial score (nSPS) is 10.9. The van der Waals surface area contributed by atoms with Crippen LogP contribution in [-0.2, 0) is 6.54 Å². The van der Waals surface area contributed by atoms with E-state index in [1.54, 1.807) is 22.6 Å². The van der Waals surface area contributed by atoms with Gasteiger partial charge in [-0.3, -0.25) is 4.79 Å². The molecule has 0 unspecified atom stereocenters. The number of carbonyl (C=O) groups excluding carboxylic acids is 1. The Morgan fingerprint density at radius 2 is 2.25 bits per heavy atom. The lowest BCUT2D eigenvalue weighted by atomic mass is 10.1. The number of benzene rings is 1.